The first-order valence-electron chi connectivity index (χ1n) is 6.13. The van der Waals surface area contributed by atoms with Gasteiger partial charge in [0.05, 0.1) is 16.6 Å². The van der Waals surface area contributed by atoms with E-state index in [0.29, 0.717) is 12.1 Å². The number of rotatable bonds is 4. The Kier molecular flexibility index (Phi) is 4.93. The maximum Gasteiger partial charge on any atom is 0.252 e. The zero-order valence-electron chi connectivity index (χ0n) is 11.1. The fraction of sp³-hybridized carbons (Fsp3) is 0.286. The number of amides is 1. The van der Waals surface area contributed by atoms with Crippen LogP contribution in [-0.4, -0.2) is 33.9 Å². The molecule has 0 atom stereocenters. The molecule has 0 unspecified atom stereocenters. The van der Waals surface area contributed by atoms with E-state index in [1.165, 1.54) is 11.3 Å². The number of aromatic nitrogens is 2. The average molecular weight is 289 g/mol. The molecule has 0 saturated carbocycles. The number of hydrogen-bond acceptors (Lipinski definition) is 4. The van der Waals surface area contributed by atoms with Crippen LogP contribution >= 0.6 is 11.3 Å². The van der Waals surface area contributed by atoms with Crippen molar-refractivity contribution in [3.63, 3.8) is 0 Å². The van der Waals surface area contributed by atoms with Crippen LogP contribution in [0.4, 0.5) is 0 Å². The van der Waals surface area contributed by atoms with Crippen molar-refractivity contribution >= 4 is 17.2 Å². The van der Waals surface area contributed by atoms with Crippen LogP contribution in [0.2, 0.25) is 0 Å². The highest BCUT2D eigenvalue weighted by Crippen LogP contribution is 2.13. The molecule has 2 heterocycles. The maximum absolute atomic E-state index is 11.9. The van der Waals surface area contributed by atoms with Crippen molar-refractivity contribution in [1.82, 2.24) is 15.1 Å². The normalized spacial score (nSPS) is 9.90. The van der Waals surface area contributed by atoms with E-state index in [0.717, 1.165) is 16.9 Å². The lowest BCUT2D eigenvalue weighted by Gasteiger charge is -2.01. The van der Waals surface area contributed by atoms with Crippen molar-refractivity contribution in [2.75, 3.05) is 13.2 Å². The molecule has 20 heavy (non-hydrogen) atoms. The lowest BCUT2D eigenvalue weighted by molar-refractivity contribution is 0.0954. The molecular weight excluding hydrogens is 274 g/mol. The molecular formula is C14H15N3O2S. The number of aryl methyl sites for hydroxylation is 1. The summed E-state index contributed by atoms with van der Waals surface area (Å²) < 4.78 is 1.74. The van der Waals surface area contributed by atoms with Crippen LogP contribution in [-0.2, 0) is 13.5 Å². The van der Waals surface area contributed by atoms with Crippen molar-refractivity contribution in [3.05, 3.63) is 39.8 Å². The van der Waals surface area contributed by atoms with E-state index in [1.54, 1.807) is 22.3 Å². The van der Waals surface area contributed by atoms with E-state index in [1.807, 2.05) is 13.2 Å². The molecule has 0 spiro atoms. The molecule has 0 aromatic carbocycles. The van der Waals surface area contributed by atoms with E-state index < -0.39 is 0 Å². The summed E-state index contributed by atoms with van der Waals surface area (Å²) >= 11 is 1.39. The molecule has 0 aliphatic carbocycles. The van der Waals surface area contributed by atoms with Crippen LogP contribution in [0.25, 0.3) is 0 Å². The molecule has 0 aliphatic rings. The Balaban J connectivity index is 1.84. The Morgan fingerprint density at radius 1 is 1.60 bits per heavy atom. The second kappa shape index (κ2) is 6.89. The van der Waals surface area contributed by atoms with Gasteiger partial charge in [-0.15, -0.1) is 11.3 Å². The third-order valence-electron chi connectivity index (χ3n) is 2.61. The standard InChI is InChI=1S/C14H15N3O2S/c1-17-9-11(8-16-17)4-5-15-14(19)12-7-13(20-10-12)3-2-6-18/h7-10,18H,4-6H2,1H3,(H,15,19). The first-order chi connectivity index (χ1) is 9.69. The summed E-state index contributed by atoms with van der Waals surface area (Å²) in [4.78, 5) is 12.7. The summed E-state index contributed by atoms with van der Waals surface area (Å²) in [5, 5.41) is 17.3. The molecule has 0 radical (unpaired) electrons. The molecule has 2 rings (SSSR count). The average Bonchev–Trinajstić information content (AvgIpc) is 3.05. The van der Waals surface area contributed by atoms with Crippen LogP contribution in [0.5, 0.6) is 0 Å². The van der Waals surface area contributed by atoms with Crippen molar-refractivity contribution in [1.29, 1.82) is 0 Å². The molecule has 1 amide bonds. The fourth-order valence-electron chi connectivity index (χ4n) is 1.67. The summed E-state index contributed by atoms with van der Waals surface area (Å²) in [6, 6.07) is 1.73. The number of thiophene rings is 1. The summed E-state index contributed by atoms with van der Waals surface area (Å²) in [6.07, 6.45) is 4.47. The summed E-state index contributed by atoms with van der Waals surface area (Å²) in [7, 11) is 1.86. The smallest absolute Gasteiger partial charge is 0.252 e. The highest BCUT2D eigenvalue weighted by molar-refractivity contribution is 7.10. The highest BCUT2D eigenvalue weighted by atomic mass is 32.1. The Labute approximate surface area is 121 Å². The molecule has 104 valence electrons. The fourth-order valence-corrected chi connectivity index (χ4v) is 2.43. The minimum atomic E-state index is -0.176. The van der Waals surface area contributed by atoms with Gasteiger partial charge in [-0.25, -0.2) is 0 Å². The first-order valence-corrected chi connectivity index (χ1v) is 7.01. The second-order valence-corrected chi connectivity index (χ2v) is 5.10. The largest absolute Gasteiger partial charge is 0.384 e. The van der Waals surface area contributed by atoms with E-state index >= 15 is 0 Å². The molecule has 5 nitrogen and oxygen atoms in total. The molecule has 6 heteroatoms. The third-order valence-corrected chi connectivity index (χ3v) is 3.46. The summed E-state index contributed by atoms with van der Waals surface area (Å²) in [5.41, 5.74) is 1.69. The zero-order valence-corrected chi connectivity index (χ0v) is 11.9. The van der Waals surface area contributed by atoms with Crippen molar-refractivity contribution < 1.29 is 9.90 Å². The summed E-state index contributed by atoms with van der Waals surface area (Å²) in [5.74, 6) is 5.23. The van der Waals surface area contributed by atoms with Crippen LogP contribution in [0.1, 0.15) is 20.8 Å². The molecule has 0 bridgehead atoms. The van der Waals surface area contributed by atoms with Crippen LogP contribution in [0.15, 0.2) is 23.8 Å². The van der Waals surface area contributed by atoms with Crippen molar-refractivity contribution in [2.24, 2.45) is 7.05 Å². The number of aliphatic hydroxyl groups excluding tert-OH is 1. The van der Waals surface area contributed by atoms with Crippen molar-refractivity contribution in [3.8, 4) is 11.8 Å². The van der Waals surface area contributed by atoms with E-state index in [9.17, 15) is 4.79 Å². The monoisotopic (exact) mass is 289 g/mol. The van der Waals surface area contributed by atoms with Gasteiger partial charge in [-0.1, -0.05) is 11.8 Å². The predicted molar refractivity (Wildman–Crippen MR) is 77.5 cm³/mol. The Morgan fingerprint density at radius 3 is 3.15 bits per heavy atom. The number of hydrogen-bond donors (Lipinski definition) is 2. The van der Waals surface area contributed by atoms with Gasteiger partial charge in [0.15, 0.2) is 0 Å². The van der Waals surface area contributed by atoms with Gasteiger partial charge in [-0.05, 0) is 18.1 Å². The first kappa shape index (κ1) is 14.3. The molecule has 2 N–H and O–H groups in total. The quantitative estimate of drug-likeness (QED) is 0.818. The second-order valence-electron chi connectivity index (χ2n) is 4.19. The topological polar surface area (TPSA) is 67.2 Å². The Morgan fingerprint density at radius 2 is 2.45 bits per heavy atom. The van der Waals surface area contributed by atoms with E-state index in [4.69, 9.17) is 5.11 Å². The minimum Gasteiger partial charge on any atom is -0.384 e. The highest BCUT2D eigenvalue weighted by Gasteiger charge is 2.07. The van der Waals surface area contributed by atoms with Gasteiger partial charge in [0.1, 0.15) is 6.61 Å². The number of aliphatic hydroxyl groups is 1. The van der Waals surface area contributed by atoms with Gasteiger partial charge in [-0.2, -0.15) is 5.10 Å². The zero-order chi connectivity index (χ0) is 14.4. The van der Waals surface area contributed by atoms with Gasteiger partial charge in [0.25, 0.3) is 5.91 Å². The number of carbonyl (C=O) groups excluding carboxylic acids is 1. The van der Waals surface area contributed by atoms with Crippen LogP contribution in [0.3, 0.4) is 0 Å². The lowest BCUT2D eigenvalue weighted by atomic mass is 10.2. The number of carbonyl (C=O) groups is 1. The van der Waals surface area contributed by atoms with E-state index in [-0.39, 0.29) is 12.5 Å². The molecule has 0 fully saturated rings. The van der Waals surface area contributed by atoms with Crippen LogP contribution in [0, 0.1) is 11.8 Å². The predicted octanol–water partition coefficient (Wildman–Crippen LogP) is 0.798. The van der Waals surface area contributed by atoms with Gasteiger partial charge < -0.3 is 10.4 Å². The SMILES string of the molecule is Cn1cc(CCNC(=O)c2csc(C#CCO)c2)cn1. The third kappa shape index (κ3) is 3.95. The Bertz CT molecular complexity index is 649. The van der Waals surface area contributed by atoms with Gasteiger partial charge in [0, 0.05) is 25.2 Å². The molecule has 2 aromatic rings. The van der Waals surface area contributed by atoms with E-state index in [2.05, 4.69) is 22.3 Å². The van der Waals surface area contributed by atoms with Crippen molar-refractivity contribution in [2.45, 2.75) is 6.42 Å². The minimum absolute atomic E-state index is 0.109. The Hall–Kier alpha value is -2.10. The van der Waals surface area contributed by atoms with Gasteiger partial charge in [-0.3, -0.25) is 9.48 Å². The van der Waals surface area contributed by atoms with Crippen LogP contribution < -0.4 is 5.32 Å². The summed E-state index contributed by atoms with van der Waals surface area (Å²) in [6.45, 7) is 0.391. The van der Waals surface area contributed by atoms with Gasteiger partial charge >= 0.3 is 0 Å². The van der Waals surface area contributed by atoms with Gasteiger partial charge in [0.2, 0.25) is 0 Å². The maximum atomic E-state index is 11.9. The number of nitrogens with one attached hydrogen (secondary N) is 1. The molecule has 2 aromatic heterocycles. The lowest BCUT2D eigenvalue weighted by Crippen LogP contribution is -2.25. The molecule has 0 aliphatic heterocycles. The number of nitrogens with zero attached hydrogens (tertiary/aromatic N) is 2. The molecule has 0 saturated heterocycles.